The zero-order valence-electron chi connectivity index (χ0n) is 15.8. The van der Waals surface area contributed by atoms with Crippen molar-refractivity contribution in [3.63, 3.8) is 0 Å². The molecule has 1 aromatic carbocycles. The Morgan fingerprint density at radius 3 is 2.63 bits per heavy atom. The fraction of sp³-hybridized carbons (Fsp3) is 0.550. The van der Waals surface area contributed by atoms with Gasteiger partial charge in [0.2, 0.25) is 10.0 Å². The largest absolute Gasteiger partial charge is 0.465 e. The fourth-order valence-corrected chi connectivity index (χ4v) is 4.69. The number of carboxylic acid groups (broad SMARTS) is 1. The van der Waals surface area contributed by atoms with E-state index in [2.05, 4.69) is 18.2 Å². The number of carbonyl (C=O) groups is 1. The Kier molecular flexibility index (Phi) is 6.22. The Morgan fingerprint density at radius 2 is 1.96 bits per heavy atom. The number of hydrogen-bond acceptors (Lipinski definition) is 3. The zero-order chi connectivity index (χ0) is 19.4. The molecular weight excluding hydrogens is 364 g/mol. The number of fused-ring (bicyclic) bond motifs is 1. The number of allylic oxidation sites excluding steroid dienone is 1. The van der Waals surface area contributed by atoms with Gasteiger partial charge in [0, 0.05) is 26.2 Å². The Labute approximate surface area is 161 Å². The molecule has 3 rings (SSSR count). The van der Waals surface area contributed by atoms with Crippen molar-refractivity contribution in [1.82, 2.24) is 9.21 Å². The summed E-state index contributed by atoms with van der Waals surface area (Å²) in [5.74, 6) is 0.607. The van der Waals surface area contributed by atoms with Crippen LogP contribution in [0.1, 0.15) is 42.4 Å². The highest BCUT2D eigenvalue weighted by Gasteiger charge is 2.23. The van der Waals surface area contributed by atoms with Gasteiger partial charge in [-0.15, -0.1) is 0 Å². The summed E-state index contributed by atoms with van der Waals surface area (Å²) >= 11 is 0. The van der Waals surface area contributed by atoms with Crippen LogP contribution >= 0.6 is 0 Å². The van der Waals surface area contributed by atoms with Crippen LogP contribution in [-0.4, -0.2) is 54.7 Å². The minimum absolute atomic E-state index is 0.465. The summed E-state index contributed by atoms with van der Waals surface area (Å²) in [4.78, 5) is 12.4. The van der Waals surface area contributed by atoms with Gasteiger partial charge in [0.1, 0.15) is 0 Å². The van der Waals surface area contributed by atoms with E-state index in [-0.39, 0.29) is 0 Å². The van der Waals surface area contributed by atoms with Gasteiger partial charge in [-0.2, -0.15) is 4.31 Å². The molecule has 2 aliphatic rings. The molecule has 6 nitrogen and oxygen atoms in total. The molecule has 2 aliphatic heterocycles. The molecule has 0 unspecified atom stereocenters. The predicted molar refractivity (Wildman–Crippen MR) is 106 cm³/mol. The van der Waals surface area contributed by atoms with E-state index in [1.807, 2.05) is 12.1 Å². The highest BCUT2D eigenvalue weighted by Crippen LogP contribution is 2.24. The lowest BCUT2D eigenvalue weighted by molar-refractivity contribution is 0.123. The van der Waals surface area contributed by atoms with Crippen molar-refractivity contribution in [3.8, 4) is 0 Å². The molecule has 7 heteroatoms. The van der Waals surface area contributed by atoms with Crippen LogP contribution in [0.15, 0.2) is 24.3 Å². The molecular formula is C20H28N2O4S. The lowest BCUT2D eigenvalue weighted by Gasteiger charge is -2.29. The maximum Gasteiger partial charge on any atom is 0.407 e. The van der Waals surface area contributed by atoms with E-state index in [4.69, 9.17) is 5.11 Å². The summed E-state index contributed by atoms with van der Waals surface area (Å²) in [5.41, 5.74) is 3.48. The molecule has 1 saturated heterocycles. The molecule has 1 fully saturated rings. The summed E-state index contributed by atoms with van der Waals surface area (Å²) in [6, 6.07) is 6.25. The second-order valence-corrected chi connectivity index (χ2v) is 9.55. The van der Waals surface area contributed by atoms with E-state index < -0.39 is 16.1 Å². The molecule has 0 spiro atoms. The number of piperidine rings is 1. The summed E-state index contributed by atoms with van der Waals surface area (Å²) < 4.78 is 24.9. The van der Waals surface area contributed by atoms with Gasteiger partial charge >= 0.3 is 6.09 Å². The van der Waals surface area contributed by atoms with Crippen LogP contribution in [0.5, 0.6) is 0 Å². The van der Waals surface area contributed by atoms with Crippen molar-refractivity contribution < 1.29 is 18.3 Å². The smallest absolute Gasteiger partial charge is 0.407 e. The molecule has 1 amide bonds. The van der Waals surface area contributed by atoms with Gasteiger partial charge in [-0.3, -0.25) is 0 Å². The van der Waals surface area contributed by atoms with Crippen LogP contribution in [-0.2, 0) is 23.0 Å². The van der Waals surface area contributed by atoms with Gasteiger partial charge in [0.05, 0.1) is 6.26 Å². The van der Waals surface area contributed by atoms with Crippen LogP contribution in [0.3, 0.4) is 0 Å². The van der Waals surface area contributed by atoms with Gasteiger partial charge in [0.25, 0.3) is 0 Å². The van der Waals surface area contributed by atoms with E-state index in [0.717, 1.165) is 43.2 Å². The first-order valence-electron chi connectivity index (χ1n) is 9.54. The Hall–Kier alpha value is -1.86. The summed E-state index contributed by atoms with van der Waals surface area (Å²) in [6.45, 7) is 2.32. The second kappa shape index (κ2) is 8.44. The normalized spacial score (nSPS) is 19.4. The average Bonchev–Trinajstić information content (AvgIpc) is 2.64. The molecule has 1 aromatic rings. The van der Waals surface area contributed by atoms with E-state index in [1.165, 1.54) is 21.0 Å². The van der Waals surface area contributed by atoms with Gasteiger partial charge in [-0.1, -0.05) is 30.4 Å². The summed E-state index contributed by atoms with van der Waals surface area (Å²) in [7, 11) is -3.13. The fourth-order valence-electron chi connectivity index (χ4n) is 3.90. The van der Waals surface area contributed by atoms with E-state index in [1.54, 1.807) is 0 Å². The Bertz CT molecular complexity index is 811. The zero-order valence-corrected chi connectivity index (χ0v) is 16.6. The lowest BCUT2D eigenvalue weighted by Crippen LogP contribution is -2.37. The molecule has 148 valence electrons. The highest BCUT2D eigenvalue weighted by molar-refractivity contribution is 7.88. The third kappa shape index (κ3) is 5.32. The molecule has 0 aromatic heterocycles. The monoisotopic (exact) mass is 392 g/mol. The molecule has 27 heavy (non-hydrogen) atoms. The lowest BCUT2D eigenvalue weighted by atomic mass is 9.92. The topological polar surface area (TPSA) is 77.9 Å². The number of benzene rings is 1. The van der Waals surface area contributed by atoms with Gasteiger partial charge in [-0.25, -0.2) is 13.2 Å². The molecule has 0 radical (unpaired) electrons. The van der Waals surface area contributed by atoms with Gasteiger partial charge < -0.3 is 10.0 Å². The molecule has 2 heterocycles. The van der Waals surface area contributed by atoms with Crippen LogP contribution in [0.2, 0.25) is 0 Å². The van der Waals surface area contributed by atoms with Gasteiger partial charge in [-0.05, 0) is 54.7 Å². The summed E-state index contributed by atoms with van der Waals surface area (Å²) in [6.07, 6.45) is 9.54. The van der Waals surface area contributed by atoms with Gasteiger partial charge in [0.15, 0.2) is 0 Å². The van der Waals surface area contributed by atoms with E-state index >= 15 is 0 Å². The number of sulfonamides is 1. The quantitative estimate of drug-likeness (QED) is 0.835. The Morgan fingerprint density at radius 1 is 1.22 bits per heavy atom. The minimum atomic E-state index is -3.13. The highest BCUT2D eigenvalue weighted by atomic mass is 32.2. The molecule has 0 atom stereocenters. The first kappa shape index (κ1) is 19.9. The minimum Gasteiger partial charge on any atom is -0.465 e. The van der Waals surface area contributed by atoms with Crippen molar-refractivity contribution in [2.75, 3.05) is 25.9 Å². The molecule has 0 saturated carbocycles. The standard InChI is InChI=1S/C20H28N2O4S/c1-27(25,26)22-13-10-18-14-17(6-7-19(18)15-22)5-3-2-4-16-8-11-21(12-9-16)20(23)24/h3,5-7,14,16H,2,4,8-13,15H2,1H3,(H,23,24). The second-order valence-electron chi connectivity index (χ2n) is 7.57. The molecule has 1 N–H and O–H groups in total. The van der Waals surface area contributed by atoms with Crippen molar-refractivity contribution in [2.45, 2.75) is 38.6 Å². The van der Waals surface area contributed by atoms with Crippen LogP contribution in [0.25, 0.3) is 6.08 Å². The Balaban J connectivity index is 1.49. The van der Waals surface area contributed by atoms with Crippen molar-refractivity contribution in [3.05, 3.63) is 41.0 Å². The van der Waals surface area contributed by atoms with E-state index in [0.29, 0.717) is 32.1 Å². The SMILES string of the molecule is CS(=O)(=O)N1CCc2cc(C=CCCC3CCN(C(=O)O)CC3)ccc2C1. The van der Waals surface area contributed by atoms with E-state index in [9.17, 15) is 13.2 Å². The van der Waals surface area contributed by atoms with Crippen LogP contribution in [0.4, 0.5) is 4.79 Å². The van der Waals surface area contributed by atoms with Crippen molar-refractivity contribution >= 4 is 22.2 Å². The first-order chi connectivity index (χ1) is 12.8. The molecule has 0 bridgehead atoms. The maximum absolute atomic E-state index is 11.7. The maximum atomic E-state index is 11.7. The third-order valence-corrected chi connectivity index (χ3v) is 6.86. The average molecular weight is 393 g/mol. The first-order valence-corrected chi connectivity index (χ1v) is 11.4. The number of amides is 1. The number of nitrogens with zero attached hydrogens (tertiary/aromatic N) is 2. The van der Waals surface area contributed by atoms with Crippen LogP contribution in [0, 0.1) is 5.92 Å². The molecule has 0 aliphatic carbocycles. The number of hydrogen-bond donors (Lipinski definition) is 1. The van der Waals surface area contributed by atoms with Crippen molar-refractivity contribution in [2.24, 2.45) is 5.92 Å². The third-order valence-electron chi connectivity index (χ3n) is 5.61. The summed E-state index contributed by atoms with van der Waals surface area (Å²) in [5, 5.41) is 8.99. The number of rotatable bonds is 5. The number of likely N-dealkylation sites (tertiary alicyclic amines) is 1. The van der Waals surface area contributed by atoms with Crippen LogP contribution < -0.4 is 0 Å². The van der Waals surface area contributed by atoms with Crippen molar-refractivity contribution in [1.29, 1.82) is 0 Å². The predicted octanol–water partition coefficient (Wildman–Crippen LogP) is 3.19.